The zero-order valence-corrected chi connectivity index (χ0v) is 11.1. The van der Waals surface area contributed by atoms with Gasteiger partial charge in [0.05, 0.1) is 6.20 Å². The maximum atomic E-state index is 12.1. The number of oxazole rings is 1. The highest BCUT2D eigenvalue weighted by Gasteiger charge is 2.35. The first-order valence-corrected chi connectivity index (χ1v) is 6.23. The van der Waals surface area contributed by atoms with Crippen LogP contribution in [0.3, 0.4) is 0 Å². The molecule has 1 fully saturated rings. The maximum Gasteiger partial charge on any atom is 0.291 e. The molecule has 7 nitrogen and oxygen atoms in total. The zero-order valence-electron chi connectivity index (χ0n) is 11.1. The molecule has 19 heavy (non-hydrogen) atoms. The summed E-state index contributed by atoms with van der Waals surface area (Å²) in [7, 11) is 0. The average molecular weight is 266 g/mol. The van der Waals surface area contributed by atoms with Crippen LogP contribution in [0.25, 0.3) is 0 Å². The van der Waals surface area contributed by atoms with Gasteiger partial charge in [0.25, 0.3) is 5.91 Å². The highest BCUT2D eigenvalue weighted by atomic mass is 16.3. The molecule has 1 unspecified atom stereocenters. The van der Waals surface area contributed by atoms with E-state index >= 15 is 0 Å². The Hall–Kier alpha value is -1.89. The SMILES string of the molecule is CC(C)N1CCN(C(=O)c2cnco2)CC1C(N)=O. The third-order valence-corrected chi connectivity index (χ3v) is 3.34. The highest BCUT2D eigenvalue weighted by molar-refractivity contribution is 5.92. The van der Waals surface area contributed by atoms with E-state index in [-0.39, 0.29) is 24.3 Å². The van der Waals surface area contributed by atoms with Gasteiger partial charge in [-0.15, -0.1) is 0 Å². The standard InChI is InChI=1S/C12H18N4O3/c1-8(2)16-4-3-15(6-9(16)11(13)17)12(18)10-5-14-7-19-10/h5,7-9H,3-4,6H2,1-2H3,(H2,13,17). The summed E-state index contributed by atoms with van der Waals surface area (Å²) in [6, 6.07) is -0.249. The van der Waals surface area contributed by atoms with Crippen LogP contribution >= 0.6 is 0 Å². The van der Waals surface area contributed by atoms with Gasteiger partial charge < -0.3 is 15.1 Å². The Morgan fingerprint density at radius 3 is 2.74 bits per heavy atom. The van der Waals surface area contributed by atoms with Crippen molar-refractivity contribution in [3.63, 3.8) is 0 Å². The Bertz CT molecular complexity index is 458. The van der Waals surface area contributed by atoms with Crippen molar-refractivity contribution >= 4 is 11.8 Å². The van der Waals surface area contributed by atoms with Crippen LogP contribution in [0.5, 0.6) is 0 Å². The summed E-state index contributed by atoms with van der Waals surface area (Å²) >= 11 is 0. The Morgan fingerprint density at radius 1 is 1.47 bits per heavy atom. The quantitative estimate of drug-likeness (QED) is 0.810. The topological polar surface area (TPSA) is 92.7 Å². The summed E-state index contributed by atoms with van der Waals surface area (Å²) < 4.78 is 4.99. The molecule has 7 heteroatoms. The van der Waals surface area contributed by atoms with Crippen LogP contribution in [0.2, 0.25) is 0 Å². The number of nitrogens with two attached hydrogens (primary N) is 1. The normalized spacial score (nSPS) is 20.8. The van der Waals surface area contributed by atoms with E-state index < -0.39 is 11.9 Å². The van der Waals surface area contributed by atoms with Gasteiger partial charge in [-0.05, 0) is 13.8 Å². The second-order valence-corrected chi connectivity index (χ2v) is 4.87. The molecule has 1 aliphatic heterocycles. The predicted octanol–water partition coefficient (Wildman–Crippen LogP) is -0.305. The van der Waals surface area contributed by atoms with Crippen molar-refractivity contribution in [2.24, 2.45) is 5.73 Å². The number of carbonyl (C=O) groups is 2. The lowest BCUT2D eigenvalue weighted by Gasteiger charge is -2.41. The minimum atomic E-state index is -0.458. The molecule has 2 rings (SSSR count). The number of aromatic nitrogens is 1. The van der Waals surface area contributed by atoms with E-state index in [2.05, 4.69) is 4.98 Å². The number of primary amides is 1. The van der Waals surface area contributed by atoms with E-state index in [4.69, 9.17) is 10.2 Å². The molecular formula is C12H18N4O3. The van der Waals surface area contributed by atoms with Crippen LogP contribution in [0.1, 0.15) is 24.4 Å². The zero-order chi connectivity index (χ0) is 14.0. The number of amides is 2. The van der Waals surface area contributed by atoms with Gasteiger partial charge in [-0.2, -0.15) is 0 Å². The molecular weight excluding hydrogens is 248 g/mol. The molecule has 104 valence electrons. The molecule has 1 aromatic rings. The van der Waals surface area contributed by atoms with Gasteiger partial charge in [0.15, 0.2) is 6.39 Å². The van der Waals surface area contributed by atoms with Gasteiger partial charge in [0.1, 0.15) is 6.04 Å². The molecule has 0 spiro atoms. The molecule has 0 aromatic carbocycles. The van der Waals surface area contributed by atoms with E-state index in [9.17, 15) is 9.59 Å². The van der Waals surface area contributed by atoms with Crippen molar-refractivity contribution in [2.75, 3.05) is 19.6 Å². The maximum absolute atomic E-state index is 12.1. The Labute approximate surface area is 111 Å². The fraction of sp³-hybridized carbons (Fsp3) is 0.583. The lowest BCUT2D eigenvalue weighted by Crippen LogP contribution is -2.61. The second kappa shape index (κ2) is 5.40. The molecule has 2 heterocycles. The summed E-state index contributed by atoms with van der Waals surface area (Å²) in [4.78, 5) is 31.0. The van der Waals surface area contributed by atoms with E-state index in [1.54, 1.807) is 4.90 Å². The van der Waals surface area contributed by atoms with Crippen molar-refractivity contribution in [2.45, 2.75) is 25.9 Å². The summed E-state index contributed by atoms with van der Waals surface area (Å²) in [6.07, 6.45) is 2.58. The van der Waals surface area contributed by atoms with E-state index in [1.807, 2.05) is 18.7 Å². The lowest BCUT2D eigenvalue weighted by atomic mass is 10.1. The van der Waals surface area contributed by atoms with Crippen molar-refractivity contribution in [3.05, 3.63) is 18.4 Å². The van der Waals surface area contributed by atoms with Gasteiger partial charge in [0.2, 0.25) is 11.7 Å². The predicted molar refractivity (Wildman–Crippen MR) is 67.2 cm³/mol. The summed E-state index contributed by atoms with van der Waals surface area (Å²) in [5, 5.41) is 0. The minimum Gasteiger partial charge on any atom is -0.438 e. The molecule has 0 bridgehead atoms. The van der Waals surface area contributed by atoms with Gasteiger partial charge in [0, 0.05) is 25.7 Å². The molecule has 0 aliphatic carbocycles. The Kier molecular flexibility index (Phi) is 3.84. The first-order valence-electron chi connectivity index (χ1n) is 6.23. The van der Waals surface area contributed by atoms with Crippen LogP contribution < -0.4 is 5.73 Å². The summed E-state index contributed by atoms with van der Waals surface area (Å²) in [5.41, 5.74) is 5.42. The Morgan fingerprint density at radius 2 is 2.21 bits per heavy atom. The largest absolute Gasteiger partial charge is 0.438 e. The molecule has 1 saturated heterocycles. The molecule has 2 N–H and O–H groups in total. The van der Waals surface area contributed by atoms with Crippen LogP contribution in [0.15, 0.2) is 17.0 Å². The molecule has 0 radical (unpaired) electrons. The van der Waals surface area contributed by atoms with Gasteiger partial charge in [-0.1, -0.05) is 0 Å². The fourth-order valence-electron chi connectivity index (χ4n) is 2.33. The van der Waals surface area contributed by atoms with E-state index in [0.29, 0.717) is 13.1 Å². The smallest absolute Gasteiger partial charge is 0.291 e. The molecule has 1 aromatic heterocycles. The number of nitrogens with zero attached hydrogens (tertiary/aromatic N) is 3. The summed E-state index contributed by atoms with van der Waals surface area (Å²) in [6.45, 7) is 5.45. The van der Waals surface area contributed by atoms with Crippen molar-refractivity contribution in [1.82, 2.24) is 14.8 Å². The van der Waals surface area contributed by atoms with Gasteiger partial charge in [-0.3, -0.25) is 14.5 Å². The van der Waals surface area contributed by atoms with Gasteiger partial charge >= 0.3 is 0 Å². The van der Waals surface area contributed by atoms with Crippen LogP contribution in [0, 0.1) is 0 Å². The van der Waals surface area contributed by atoms with Crippen molar-refractivity contribution in [1.29, 1.82) is 0 Å². The lowest BCUT2D eigenvalue weighted by molar-refractivity contribution is -0.126. The second-order valence-electron chi connectivity index (χ2n) is 4.87. The summed E-state index contributed by atoms with van der Waals surface area (Å²) in [5.74, 6) is -0.489. The third kappa shape index (κ3) is 2.76. The van der Waals surface area contributed by atoms with Crippen LogP contribution in [-0.4, -0.2) is 58.3 Å². The van der Waals surface area contributed by atoms with E-state index in [1.165, 1.54) is 12.6 Å². The third-order valence-electron chi connectivity index (χ3n) is 3.34. The van der Waals surface area contributed by atoms with Crippen molar-refractivity contribution < 1.29 is 14.0 Å². The number of piperazine rings is 1. The first-order chi connectivity index (χ1) is 9.00. The fourth-order valence-corrected chi connectivity index (χ4v) is 2.33. The molecule has 1 atom stereocenters. The number of rotatable bonds is 3. The monoisotopic (exact) mass is 266 g/mol. The number of hydrogen-bond donors (Lipinski definition) is 1. The van der Waals surface area contributed by atoms with E-state index in [0.717, 1.165) is 0 Å². The molecule has 2 amide bonds. The molecule has 0 saturated carbocycles. The van der Waals surface area contributed by atoms with Gasteiger partial charge in [-0.25, -0.2) is 4.98 Å². The molecule has 1 aliphatic rings. The average Bonchev–Trinajstić information content (AvgIpc) is 2.90. The first kappa shape index (κ1) is 13.5. The minimum absolute atomic E-state index is 0.182. The highest BCUT2D eigenvalue weighted by Crippen LogP contribution is 2.15. The number of hydrogen-bond acceptors (Lipinski definition) is 5. The Balaban J connectivity index is 2.11. The van der Waals surface area contributed by atoms with Crippen molar-refractivity contribution in [3.8, 4) is 0 Å². The van der Waals surface area contributed by atoms with Crippen LogP contribution in [0.4, 0.5) is 0 Å². The van der Waals surface area contributed by atoms with Crippen LogP contribution in [-0.2, 0) is 4.79 Å². The number of carbonyl (C=O) groups excluding carboxylic acids is 2.